The van der Waals surface area contributed by atoms with E-state index in [1.54, 1.807) is 0 Å². The molecule has 0 radical (unpaired) electrons. The van der Waals surface area contributed by atoms with Gasteiger partial charge in [-0.15, -0.1) is 3.59 Å². The Kier molecular flexibility index (Phi) is 1.71. The van der Waals surface area contributed by atoms with Crippen LogP contribution in [0.25, 0.3) is 0 Å². The molecule has 0 unspecified atom stereocenters. The molecule has 0 saturated carbocycles. The Bertz CT molecular complexity index is 222. The molecule has 2 nitrogen and oxygen atoms in total. The molecule has 2 N–H and O–H groups in total. The zero-order chi connectivity index (χ0) is 6.85. The van der Waals surface area contributed by atoms with E-state index in [1.165, 1.54) is 0 Å². The van der Waals surface area contributed by atoms with E-state index in [4.69, 9.17) is 5.73 Å². The predicted octanol–water partition coefficient (Wildman–Crippen LogP) is 1.02. The fourth-order valence-electron chi connectivity index (χ4n) is 0.620. The van der Waals surface area contributed by atoms with E-state index in [9.17, 15) is 0 Å². The molecule has 0 spiro atoms. The van der Waals surface area contributed by atoms with Crippen molar-refractivity contribution in [3.8, 4) is 0 Å². The van der Waals surface area contributed by atoms with Crippen molar-refractivity contribution in [2.24, 2.45) is 0 Å². The summed E-state index contributed by atoms with van der Waals surface area (Å²) in [5.74, 6) is 0. The van der Waals surface area contributed by atoms with E-state index in [0.717, 1.165) is 11.4 Å². The smallest absolute Gasteiger partial charge is 0.331 e. The summed E-state index contributed by atoms with van der Waals surface area (Å²) in [5.41, 5.74) is 7.38. The van der Waals surface area contributed by atoms with E-state index < -0.39 is 0 Å². The summed E-state index contributed by atoms with van der Waals surface area (Å²) in [6, 6.07) is 3.73. The molecule has 0 aliphatic heterocycles. The van der Waals surface area contributed by atoms with Crippen LogP contribution in [-0.2, 0) is 0 Å². The normalized spacial score (nSPS) is 9.56. The molecule has 0 aliphatic rings. The van der Waals surface area contributed by atoms with E-state index >= 15 is 0 Å². The first-order valence-corrected chi connectivity index (χ1v) is 3.35. The lowest BCUT2D eigenvalue weighted by Gasteiger charge is -1.89. The van der Waals surface area contributed by atoms with Crippen LogP contribution in [0, 0.1) is 6.92 Å². The van der Waals surface area contributed by atoms with Gasteiger partial charge in [0.15, 0.2) is 11.9 Å². The van der Waals surface area contributed by atoms with Crippen molar-refractivity contribution >= 4 is 21.8 Å². The molecular formula is C6H8BrN2+. The molecule has 1 rings (SSSR count). The number of rotatable bonds is 0. The summed E-state index contributed by atoms with van der Waals surface area (Å²) in [6.07, 6.45) is 1.87. The Morgan fingerprint density at radius 3 is 2.78 bits per heavy atom. The maximum atomic E-state index is 5.49. The third-order valence-corrected chi connectivity index (χ3v) is 1.91. The van der Waals surface area contributed by atoms with E-state index in [1.807, 2.05) is 28.8 Å². The first-order chi connectivity index (χ1) is 4.20. The minimum Gasteiger partial charge on any atom is -0.398 e. The van der Waals surface area contributed by atoms with Crippen LogP contribution in [0.15, 0.2) is 18.3 Å². The molecule has 0 aliphatic carbocycles. The van der Waals surface area contributed by atoms with Gasteiger partial charge in [0, 0.05) is 24.7 Å². The van der Waals surface area contributed by atoms with Crippen LogP contribution < -0.4 is 9.33 Å². The molecule has 3 heteroatoms. The number of nitrogens with zero attached hydrogens (tertiary/aromatic N) is 1. The molecule has 0 saturated heterocycles. The number of hydrogen-bond donors (Lipinski definition) is 1. The molecule has 1 aromatic heterocycles. The Hall–Kier alpha value is -0.570. The van der Waals surface area contributed by atoms with E-state index in [0.29, 0.717) is 0 Å². The number of aryl methyl sites for hydroxylation is 1. The molecule has 0 aromatic carbocycles. The summed E-state index contributed by atoms with van der Waals surface area (Å²) in [5, 5.41) is 0. The second kappa shape index (κ2) is 2.35. The quantitative estimate of drug-likeness (QED) is 0.647. The van der Waals surface area contributed by atoms with Gasteiger partial charge in [0.05, 0.1) is 0 Å². The highest BCUT2D eigenvalue weighted by Crippen LogP contribution is 1.99. The van der Waals surface area contributed by atoms with Crippen molar-refractivity contribution in [3.05, 3.63) is 24.0 Å². The number of anilines is 1. The molecule has 0 amide bonds. The lowest BCUT2D eigenvalue weighted by atomic mass is 10.3. The largest absolute Gasteiger partial charge is 0.398 e. The molecule has 0 atom stereocenters. The number of halogens is 1. The van der Waals surface area contributed by atoms with Crippen LogP contribution >= 0.6 is 16.1 Å². The standard InChI is InChI=1S/C6H7BrN2/c1-5-4-6(8)2-3-9(5)7/h2-4,8H,1H3/p+1. The summed E-state index contributed by atoms with van der Waals surface area (Å²) < 4.78 is 1.84. The van der Waals surface area contributed by atoms with Gasteiger partial charge in [-0.05, 0) is 0 Å². The average Bonchev–Trinajstić information content (AvgIpc) is 1.80. The number of hydrogen-bond acceptors (Lipinski definition) is 1. The number of aromatic nitrogens is 1. The van der Waals surface area contributed by atoms with Gasteiger partial charge in [-0.2, -0.15) is 0 Å². The fourth-order valence-corrected chi connectivity index (χ4v) is 0.841. The second-order valence-electron chi connectivity index (χ2n) is 1.91. The average molecular weight is 188 g/mol. The van der Waals surface area contributed by atoms with Gasteiger partial charge in [0.2, 0.25) is 0 Å². The topological polar surface area (TPSA) is 29.9 Å². The lowest BCUT2D eigenvalue weighted by Crippen LogP contribution is -2.22. The van der Waals surface area contributed by atoms with Gasteiger partial charge in [-0.25, -0.2) is 0 Å². The minimum atomic E-state index is 0.795. The fraction of sp³-hybridized carbons (Fsp3) is 0.167. The van der Waals surface area contributed by atoms with Crippen LogP contribution in [0.3, 0.4) is 0 Å². The first-order valence-electron chi connectivity index (χ1n) is 2.64. The van der Waals surface area contributed by atoms with Gasteiger partial charge >= 0.3 is 16.1 Å². The molecule has 1 aromatic rings. The third kappa shape index (κ3) is 1.42. The Balaban J connectivity index is 3.17. The van der Waals surface area contributed by atoms with Crippen molar-refractivity contribution < 1.29 is 3.59 Å². The highest BCUT2D eigenvalue weighted by atomic mass is 79.9. The second-order valence-corrected chi connectivity index (χ2v) is 2.68. The van der Waals surface area contributed by atoms with Crippen molar-refractivity contribution in [1.82, 2.24) is 0 Å². The summed E-state index contributed by atoms with van der Waals surface area (Å²) in [6.45, 7) is 1.98. The molecule has 9 heavy (non-hydrogen) atoms. The van der Waals surface area contributed by atoms with Gasteiger partial charge < -0.3 is 5.73 Å². The first kappa shape index (κ1) is 6.55. The maximum Gasteiger partial charge on any atom is 0.331 e. The Morgan fingerprint density at radius 2 is 2.33 bits per heavy atom. The highest BCUT2D eigenvalue weighted by Gasteiger charge is 1.99. The zero-order valence-corrected chi connectivity index (χ0v) is 6.72. The monoisotopic (exact) mass is 187 g/mol. The number of nitrogen functional groups attached to an aromatic ring is 1. The van der Waals surface area contributed by atoms with Gasteiger partial charge in [-0.3, -0.25) is 0 Å². The van der Waals surface area contributed by atoms with Crippen molar-refractivity contribution in [3.63, 3.8) is 0 Å². The van der Waals surface area contributed by atoms with Crippen LogP contribution in [0.4, 0.5) is 5.69 Å². The van der Waals surface area contributed by atoms with Crippen LogP contribution in [0.2, 0.25) is 0 Å². The van der Waals surface area contributed by atoms with Crippen molar-refractivity contribution in [1.29, 1.82) is 0 Å². The molecule has 48 valence electrons. The van der Waals surface area contributed by atoms with Crippen molar-refractivity contribution in [2.45, 2.75) is 6.92 Å². The number of pyridine rings is 1. The number of nitrogens with two attached hydrogens (primary N) is 1. The third-order valence-electron chi connectivity index (χ3n) is 1.11. The molecule has 0 fully saturated rings. The van der Waals surface area contributed by atoms with Crippen LogP contribution in [0.5, 0.6) is 0 Å². The summed E-state index contributed by atoms with van der Waals surface area (Å²) >= 11 is 3.29. The Labute approximate surface area is 62.6 Å². The Morgan fingerprint density at radius 1 is 1.67 bits per heavy atom. The summed E-state index contributed by atoms with van der Waals surface area (Å²) in [4.78, 5) is 0. The molecular weight excluding hydrogens is 180 g/mol. The van der Waals surface area contributed by atoms with E-state index in [2.05, 4.69) is 16.1 Å². The predicted molar refractivity (Wildman–Crippen MR) is 40.1 cm³/mol. The lowest BCUT2D eigenvalue weighted by molar-refractivity contribution is -0.481. The SMILES string of the molecule is Cc1cc(N)cc[n+]1Br. The van der Waals surface area contributed by atoms with Gasteiger partial charge in [-0.1, -0.05) is 0 Å². The minimum absolute atomic E-state index is 0.795. The van der Waals surface area contributed by atoms with Crippen LogP contribution in [-0.4, -0.2) is 0 Å². The zero-order valence-electron chi connectivity index (χ0n) is 5.13. The maximum absolute atomic E-state index is 5.49. The van der Waals surface area contributed by atoms with Gasteiger partial charge in [0.25, 0.3) is 0 Å². The van der Waals surface area contributed by atoms with Crippen LogP contribution in [0.1, 0.15) is 5.69 Å². The summed E-state index contributed by atoms with van der Waals surface area (Å²) in [7, 11) is 0. The molecule has 1 heterocycles. The van der Waals surface area contributed by atoms with E-state index in [-0.39, 0.29) is 0 Å². The molecule has 0 bridgehead atoms. The van der Waals surface area contributed by atoms with Crippen molar-refractivity contribution in [2.75, 3.05) is 5.73 Å². The highest BCUT2D eigenvalue weighted by molar-refractivity contribution is 9.04. The van der Waals surface area contributed by atoms with Gasteiger partial charge in [0.1, 0.15) is 0 Å².